The molecule has 1 saturated heterocycles. The van der Waals surface area contributed by atoms with Crippen LogP contribution in [0.2, 0.25) is 0 Å². The van der Waals surface area contributed by atoms with Gasteiger partial charge in [-0.25, -0.2) is 0 Å². The third kappa shape index (κ3) is 3.82. The molecule has 2 N–H and O–H groups in total. The van der Waals surface area contributed by atoms with Gasteiger partial charge in [0.05, 0.1) is 0 Å². The Morgan fingerprint density at radius 3 is 2.60 bits per heavy atom. The van der Waals surface area contributed by atoms with E-state index in [1.54, 1.807) is 0 Å². The summed E-state index contributed by atoms with van der Waals surface area (Å²) in [4.78, 5) is 15.9. The molecule has 0 amide bonds. The second-order valence-electron chi connectivity index (χ2n) is 9.54. The number of nitrogens with two attached hydrogens (primary N) is 1. The van der Waals surface area contributed by atoms with E-state index in [2.05, 4.69) is 17.0 Å². The summed E-state index contributed by atoms with van der Waals surface area (Å²) >= 11 is 0. The molecule has 1 aromatic carbocycles. The lowest BCUT2D eigenvalue weighted by Crippen LogP contribution is -2.41. The van der Waals surface area contributed by atoms with Gasteiger partial charge in [-0.3, -0.25) is 9.69 Å². The van der Waals surface area contributed by atoms with Gasteiger partial charge in [0.2, 0.25) is 0 Å². The monoisotopic (exact) mass is 406 g/mol. The Kier molecular flexibility index (Phi) is 5.68. The molecule has 5 rings (SSSR count). The zero-order valence-corrected chi connectivity index (χ0v) is 18.0. The van der Waals surface area contributed by atoms with E-state index in [4.69, 9.17) is 10.2 Å². The molecule has 1 aromatic heterocycles. The highest BCUT2D eigenvalue weighted by Gasteiger charge is 2.29. The van der Waals surface area contributed by atoms with E-state index in [9.17, 15) is 4.79 Å². The first kappa shape index (κ1) is 19.9. The number of furan rings is 1. The van der Waals surface area contributed by atoms with Crippen molar-refractivity contribution in [3.05, 3.63) is 35.4 Å². The molecule has 30 heavy (non-hydrogen) atoms. The molecule has 160 valence electrons. The van der Waals surface area contributed by atoms with Gasteiger partial charge in [-0.15, -0.1) is 0 Å². The number of nitrogen functional groups attached to an aromatic ring is 1. The summed E-state index contributed by atoms with van der Waals surface area (Å²) in [7, 11) is 0. The van der Waals surface area contributed by atoms with Crippen molar-refractivity contribution in [1.82, 2.24) is 4.90 Å². The highest BCUT2D eigenvalue weighted by Crippen LogP contribution is 2.40. The number of nitrogens with zero attached hydrogens (tertiary/aromatic N) is 1. The number of ketones is 1. The average molecular weight is 407 g/mol. The molecular weight excluding hydrogens is 372 g/mol. The minimum absolute atomic E-state index is 0.167. The normalized spacial score (nSPS) is 24.1. The van der Waals surface area contributed by atoms with Crippen molar-refractivity contribution in [3.63, 3.8) is 0 Å². The van der Waals surface area contributed by atoms with Crippen LogP contribution < -0.4 is 5.73 Å². The molecule has 3 heterocycles. The van der Waals surface area contributed by atoms with Gasteiger partial charge in [-0.05, 0) is 62.4 Å². The lowest BCUT2D eigenvalue weighted by atomic mass is 9.85. The molecule has 0 spiro atoms. The first-order chi connectivity index (χ1) is 14.7. The number of Topliss-reactive ketones (excluding diaryl/α,β-unsaturated/α-hetero) is 1. The summed E-state index contributed by atoms with van der Waals surface area (Å²) in [5.41, 5.74) is 10.3. The molecule has 1 atom stereocenters. The molecule has 1 unspecified atom stereocenters. The number of carbonyl (C=O) groups is 1. The lowest BCUT2D eigenvalue weighted by molar-refractivity contribution is 0.0898. The van der Waals surface area contributed by atoms with E-state index in [0.29, 0.717) is 17.7 Å². The summed E-state index contributed by atoms with van der Waals surface area (Å²) in [6.45, 7) is 2.20. The standard InChI is InChI=1S/C26H34N2O2/c27-26-24(19-13-15-28-14-7-6-10-21(28)16-19)22-17-20(11-12-23(22)30-26)25(29)18-8-4-2-1-3-5-9-18/h11-13,17-18,21H,1-10,14-16,27H2. The minimum atomic E-state index is 0.167. The van der Waals surface area contributed by atoms with Crippen LogP contribution in [0.5, 0.6) is 0 Å². The van der Waals surface area contributed by atoms with E-state index in [1.165, 1.54) is 63.5 Å². The quantitative estimate of drug-likeness (QED) is 0.617. The van der Waals surface area contributed by atoms with E-state index in [0.717, 1.165) is 47.9 Å². The van der Waals surface area contributed by atoms with Gasteiger partial charge in [0.1, 0.15) is 5.58 Å². The van der Waals surface area contributed by atoms with Crippen molar-refractivity contribution in [2.75, 3.05) is 18.8 Å². The van der Waals surface area contributed by atoms with Gasteiger partial charge in [-0.2, -0.15) is 0 Å². The summed E-state index contributed by atoms with van der Waals surface area (Å²) < 4.78 is 5.92. The number of anilines is 1. The van der Waals surface area contributed by atoms with Crippen molar-refractivity contribution in [2.45, 2.75) is 76.7 Å². The summed E-state index contributed by atoms with van der Waals surface area (Å²) in [6, 6.07) is 6.55. The molecule has 2 aliphatic heterocycles. The molecular formula is C26H34N2O2. The predicted molar refractivity (Wildman–Crippen MR) is 123 cm³/mol. The zero-order valence-electron chi connectivity index (χ0n) is 18.0. The van der Waals surface area contributed by atoms with Gasteiger partial charge in [0, 0.05) is 35.0 Å². The molecule has 2 aromatic rings. The zero-order chi connectivity index (χ0) is 20.5. The van der Waals surface area contributed by atoms with Crippen LogP contribution in [0.25, 0.3) is 16.5 Å². The largest absolute Gasteiger partial charge is 0.440 e. The van der Waals surface area contributed by atoms with Crippen molar-refractivity contribution in [3.8, 4) is 0 Å². The fourth-order valence-electron chi connectivity index (χ4n) is 5.86. The number of hydrogen-bond donors (Lipinski definition) is 1. The average Bonchev–Trinajstić information content (AvgIpc) is 3.07. The first-order valence-corrected chi connectivity index (χ1v) is 12.0. The predicted octanol–water partition coefficient (Wildman–Crippen LogP) is 6.20. The number of piperidine rings is 1. The van der Waals surface area contributed by atoms with Gasteiger partial charge in [0.15, 0.2) is 11.7 Å². The maximum atomic E-state index is 13.3. The first-order valence-electron chi connectivity index (χ1n) is 12.0. The molecule has 0 bridgehead atoms. The fraction of sp³-hybridized carbons (Fsp3) is 0.577. The van der Waals surface area contributed by atoms with Crippen LogP contribution >= 0.6 is 0 Å². The van der Waals surface area contributed by atoms with E-state index in [-0.39, 0.29) is 5.92 Å². The lowest BCUT2D eigenvalue weighted by Gasteiger charge is -2.38. The van der Waals surface area contributed by atoms with Crippen LogP contribution in [-0.2, 0) is 0 Å². The minimum Gasteiger partial charge on any atom is -0.440 e. The highest BCUT2D eigenvalue weighted by atomic mass is 16.3. The maximum absolute atomic E-state index is 13.3. The van der Waals surface area contributed by atoms with Crippen LogP contribution in [0.1, 0.15) is 86.6 Å². The topological polar surface area (TPSA) is 59.5 Å². The van der Waals surface area contributed by atoms with Gasteiger partial charge in [0.25, 0.3) is 0 Å². The van der Waals surface area contributed by atoms with Crippen LogP contribution in [0, 0.1) is 5.92 Å². The van der Waals surface area contributed by atoms with Crippen molar-refractivity contribution >= 4 is 28.2 Å². The number of hydrogen-bond acceptors (Lipinski definition) is 4. The third-order valence-electron chi connectivity index (χ3n) is 7.57. The van der Waals surface area contributed by atoms with Crippen LogP contribution in [0.4, 0.5) is 5.88 Å². The van der Waals surface area contributed by atoms with E-state index < -0.39 is 0 Å². The summed E-state index contributed by atoms with van der Waals surface area (Å²) in [5.74, 6) is 0.969. The molecule has 4 nitrogen and oxygen atoms in total. The SMILES string of the molecule is Nc1oc2ccc(C(=O)C3CCCCCCC3)cc2c1C1=CCN2CCCCC2C1. The Bertz CT molecular complexity index is 949. The second-order valence-corrected chi connectivity index (χ2v) is 9.54. The number of benzene rings is 1. The Balaban J connectivity index is 1.46. The van der Waals surface area contributed by atoms with Crippen molar-refractivity contribution in [2.24, 2.45) is 5.92 Å². The van der Waals surface area contributed by atoms with Crippen LogP contribution in [-0.4, -0.2) is 29.8 Å². The Morgan fingerprint density at radius 1 is 1.00 bits per heavy atom. The van der Waals surface area contributed by atoms with Gasteiger partial charge < -0.3 is 10.2 Å². The van der Waals surface area contributed by atoms with Gasteiger partial charge >= 0.3 is 0 Å². The number of fused-ring (bicyclic) bond motifs is 2. The second kappa shape index (κ2) is 8.58. The van der Waals surface area contributed by atoms with Crippen LogP contribution in [0.15, 0.2) is 28.7 Å². The molecule has 0 radical (unpaired) electrons. The molecule has 1 aliphatic carbocycles. The molecule has 1 saturated carbocycles. The van der Waals surface area contributed by atoms with E-state index in [1.807, 2.05) is 12.1 Å². The highest BCUT2D eigenvalue weighted by molar-refractivity contribution is 6.04. The number of carbonyl (C=O) groups excluding carboxylic acids is 1. The Morgan fingerprint density at radius 2 is 1.77 bits per heavy atom. The van der Waals surface area contributed by atoms with Gasteiger partial charge in [-0.1, -0.05) is 44.6 Å². The maximum Gasteiger partial charge on any atom is 0.199 e. The molecule has 3 aliphatic rings. The smallest absolute Gasteiger partial charge is 0.199 e. The third-order valence-corrected chi connectivity index (χ3v) is 7.57. The molecule has 2 fully saturated rings. The Hall–Kier alpha value is -2.07. The van der Waals surface area contributed by atoms with Crippen molar-refractivity contribution < 1.29 is 9.21 Å². The molecule has 4 heteroatoms. The van der Waals surface area contributed by atoms with E-state index >= 15 is 0 Å². The van der Waals surface area contributed by atoms with Crippen LogP contribution in [0.3, 0.4) is 0 Å². The Labute approximate surface area is 179 Å². The fourth-order valence-corrected chi connectivity index (χ4v) is 5.86. The van der Waals surface area contributed by atoms with Crippen molar-refractivity contribution in [1.29, 1.82) is 0 Å². The summed E-state index contributed by atoms with van der Waals surface area (Å²) in [6.07, 6.45) is 15.5. The summed E-state index contributed by atoms with van der Waals surface area (Å²) in [5, 5.41) is 1.01. The number of rotatable bonds is 3.